The molecule has 3 N–H and O–H groups in total. The molecule has 4 nitrogen and oxygen atoms in total. The number of fused-ring (bicyclic) bond motifs is 3. The number of hydrogen-bond acceptors (Lipinski definition) is 3. The van der Waals surface area contributed by atoms with E-state index in [1.807, 2.05) is 18.2 Å². The summed E-state index contributed by atoms with van der Waals surface area (Å²) in [7, 11) is 0. The van der Waals surface area contributed by atoms with Crippen LogP contribution in [0.2, 0.25) is 0 Å². The maximum atomic E-state index is 11.7. The van der Waals surface area contributed by atoms with Gasteiger partial charge in [0, 0.05) is 11.8 Å². The Balaban J connectivity index is 2.21. The van der Waals surface area contributed by atoms with E-state index in [4.69, 9.17) is 5.73 Å². The van der Waals surface area contributed by atoms with Gasteiger partial charge in [0.1, 0.15) is 5.00 Å². The van der Waals surface area contributed by atoms with Gasteiger partial charge >= 0.3 is 0 Å². The zero-order chi connectivity index (χ0) is 14.3. The van der Waals surface area contributed by atoms with Gasteiger partial charge in [-0.05, 0) is 29.5 Å². The number of hydrogen-bond donors (Lipinski definition) is 2. The molecule has 2 aromatic rings. The van der Waals surface area contributed by atoms with Crippen molar-refractivity contribution >= 4 is 28.2 Å². The van der Waals surface area contributed by atoms with Crippen LogP contribution < -0.4 is 11.1 Å². The van der Waals surface area contributed by atoms with Crippen LogP contribution in [0.3, 0.4) is 0 Å². The van der Waals surface area contributed by atoms with Crippen molar-refractivity contribution < 1.29 is 9.59 Å². The van der Waals surface area contributed by atoms with Gasteiger partial charge in [0.2, 0.25) is 5.91 Å². The number of thiophene rings is 1. The van der Waals surface area contributed by atoms with E-state index in [0.29, 0.717) is 10.6 Å². The van der Waals surface area contributed by atoms with Crippen LogP contribution in [0.15, 0.2) is 24.3 Å². The third-order valence-electron chi connectivity index (χ3n) is 3.45. The Morgan fingerprint density at radius 3 is 2.70 bits per heavy atom. The second kappa shape index (κ2) is 4.76. The number of primary amides is 1. The van der Waals surface area contributed by atoms with Gasteiger partial charge in [0.05, 0.1) is 5.56 Å². The monoisotopic (exact) mass is 286 g/mol. The molecule has 0 saturated carbocycles. The summed E-state index contributed by atoms with van der Waals surface area (Å²) in [5, 5.41) is 3.28. The number of carbonyl (C=O) groups excluding carboxylic acids is 2. The first kappa shape index (κ1) is 12.9. The number of rotatable bonds is 2. The van der Waals surface area contributed by atoms with Gasteiger partial charge in [-0.2, -0.15) is 0 Å². The lowest BCUT2D eigenvalue weighted by Crippen LogP contribution is -2.17. The van der Waals surface area contributed by atoms with E-state index in [1.165, 1.54) is 23.8 Å². The molecule has 1 heterocycles. The zero-order valence-corrected chi connectivity index (χ0v) is 11.8. The van der Waals surface area contributed by atoms with Gasteiger partial charge in [-0.3, -0.25) is 9.59 Å². The van der Waals surface area contributed by atoms with E-state index >= 15 is 0 Å². The van der Waals surface area contributed by atoms with Crippen LogP contribution in [-0.4, -0.2) is 11.8 Å². The smallest absolute Gasteiger partial charge is 0.252 e. The van der Waals surface area contributed by atoms with E-state index in [1.54, 1.807) is 0 Å². The number of nitrogens with one attached hydrogen (secondary N) is 1. The van der Waals surface area contributed by atoms with Gasteiger partial charge < -0.3 is 11.1 Å². The van der Waals surface area contributed by atoms with Gasteiger partial charge in [0.25, 0.3) is 5.91 Å². The van der Waals surface area contributed by atoms with Gasteiger partial charge in [-0.1, -0.05) is 24.3 Å². The predicted octanol–water partition coefficient (Wildman–Crippen LogP) is 2.57. The molecule has 0 unspecified atom stereocenters. The van der Waals surface area contributed by atoms with Gasteiger partial charge in [-0.15, -0.1) is 11.3 Å². The minimum atomic E-state index is -0.481. The van der Waals surface area contributed by atoms with E-state index in [0.717, 1.165) is 28.8 Å². The normalized spacial score (nSPS) is 12.4. The van der Waals surface area contributed by atoms with Crippen LogP contribution in [0.4, 0.5) is 5.00 Å². The molecule has 1 aromatic heterocycles. The molecule has 20 heavy (non-hydrogen) atoms. The number of amides is 2. The van der Waals surface area contributed by atoms with Crippen molar-refractivity contribution in [1.29, 1.82) is 0 Å². The molecule has 1 aromatic carbocycles. The second-order valence-electron chi connectivity index (χ2n) is 4.82. The number of carbonyl (C=O) groups is 2. The Bertz CT molecular complexity index is 719. The standard InChI is InChI=1S/C15H14N2O2S/c1-8(18)17-15-12(14(16)19)11-7-6-9-4-2-3-5-10(9)13(11)20-15/h2-5H,6-7H2,1H3,(H2,16,19)(H,17,18). The van der Waals surface area contributed by atoms with Crippen molar-refractivity contribution in [3.8, 4) is 10.4 Å². The fraction of sp³-hybridized carbons (Fsp3) is 0.200. The number of anilines is 1. The van der Waals surface area contributed by atoms with Crippen molar-refractivity contribution in [2.75, 3.05) is 5.32 Å². The lowest BCUT2D eigenvalue weighted by Gasteiger charge is -2.16. The highest BCUT2D eigenvalue weighted by Crippen LogP contribution is 2.44. The summed E-state index contributed by atoms with van der Waals surface area (Å²) in [4.78, 5) is 24.1. The first-order valence-corrected chi connectivity index (χ1v) is 7.21. The molecule has 3 rings (SSSR count). The van der Waals surface area contributed by atoms with Crippen molar-refractivity contribution in [3.05, 3.63) is 41.0 Å². The Kier molecular flexibility index (Phi) is 3.06. The summed E-state index contributed by atoms with van der Waals surface area (Å²) in [6, 6.07) is 8.14. The molecule has 1 aliphatic rings. The molecule has 0 spiro atoms. The summed E-state index contributed by atoms with van der Waals surface area (Å²) in [6.07, 6.45) is 1.67. The van der Waals surface area contributed by atoms with Crippen LogP contribution in [0.25, 0.3) is 10.4 Å². The lowest BCUT2D eigenvalue weighted by atomic mass is 9.89. The number of benzene rings is 1. The first-order valence-electron chi connectivity index (χ1n) is 6.39. The van der Waals surface area contributed by atoms with E-state index in [-0.39, 0.29) is 5.91 Å². The molecule has 2 amide bonds. The minimum Gasteiger partial charge on any atom is -0.365 e. The Morgan fingerprint density at radius 2 is 2.00 bits per heavy atom. The van der Waals surface area contributed by atoms with Crippen LogP contribution in [0.1, 0.15) is 28.4 Å². The summed E-state index contributed by atoms with van der Waals surface area (Å²) in [5.74, 6) is -0.676. The molecule has 0 atom stereocenters. The lowest BCUT2D eigenvalue weighted by molar-refractivity contribution is -0.114. The first-order chi connectivity index (χ1) is 9.58. The average molecular weight is 286 g/mol. The Morgan fingerprint density at radius 1 is 1.25 bits per heavy atom. The second-order valence-corrected chi connectivity index (χ2v) is 5.84. The van der Waals surface area contributed by atoms with Crippen molar-refractivity contribution in [2.45, 2.75) is 19.8 Å². The largest absolute Gasteiger partial charge is 0.365 e. The predicted molar refractivity (Wildman–Crippen MR) is 80.0 cm³/mol. The van der Waals surface area contributed by atoms with Crippen molar-refractivity contribution in [1.82, 2.24) is 0 Å². The zero-order valence-electron chi connectivity index (χ0n) is 11.0. The van der Waals surface area contributed by atoms with Gasteiger partial charge in [-0.25, -0.2) is 0 Å². The molecular formula is C15H14N2O2S. The molecule has 0 bridgehead atoms. The molecule has 0 saturated heterocycles. The third-order valence-corrected chi connectivity index (χ3v) is 4.63. The summed E-state index contributed by atoms with van der Waals surface area (Å²) >= 11 is 1.43. The molecule has 102 valence electrons. The SMILES string of the molecule is CC(=O)Nc1sc2c(c1C(N)=O)CCc1ccccc1-2. The average Bonchev–Trinajstić information content (AvgIpc) is 2.76. The molecule has 0 radical (unpaired) electrons. The highest BCUT2D eigenvalue weighted by molar-refractivity contribution is 7.20. The fourth-order valence-corrected chi connectivity index (χ4v) is 4.01. The van der Waals surface area contributed by atoms with Crippen molar-refractivity contribution in [3.63, 3.8) is 0 Å². The van der Waals surface area contributed by atoms with E-state index in [9.17, 15) is 9.59 Å². The minimum absolute atomic E-state index is 0.195. The topological polar surface area (TPSA) is 72.2 Å². The van der Waals surface area contributed by atoms with Crippen LogP contribution in [0, 0.1) is 0 Å². The Hall–Kier alpha value is -2.14. The molecule has 5 heteroatoms. The maximum Gasteiger partial charge on any atom is 0.252 e. The van der Waals surface area contributed by atoms with Gasteiger partial charge in [0.15, 0.2) is 0 Å². The molecule has 1 aliphatic carbocycles. The number of aryl methyl sites for hydroxylation is 1. The fourth-order valence-electron chi connectivity index (χ4n) is 2.65. The Labute approximate surface area is 120 Å². The maximum absolute atomic E-state index is 11.7. The number of nitrogens with two attached hydrogens (primary N) is 1. The molecular weight excluding hydrogens is 272 g/mol. The van der Waals surface area contributed by atoms with E-state index in [2.05, 4.69) is 11.4 Å². The van der Waals surface area contributed by atoms with E-state index < -0.39 is 5.91 Å². The third kappa shape index (κ3) is 2.00. The summed E-state index contributed by atoms with van der Waals surface area (Å²) in [5.41, 5.74) is 9.33. The quantitative estimate of drug-likeness (QED) is 0.890. The highest BCUT2D eigenvalue weighted by Gasteiger charge is 2.27. The highest BCUT2D eigenvalue weighted by atomic mass is 32.1. The summed E-state index contributed by atoms with van der Waals surface area (Å²) < 4.78 is 0. The van der Waals surface area contributed by atoms with Crippen LogP contribution in [0.5, 0.6) is 0 Å². The molecule has 0 fully saturated rings. The van der Waals surface area contributed by atoms with Crippen molar-refractivity contribution in [2.24, 2.45) is 5.73 Å². The van der Waals surface area contributed by atoms with Crippen LogP contribution >= 0.6 is 11.3 Å². The summed E-state index contributed by atoms with van der Waals surface area (Å²) in [6.45, 7) is 1.43. The molecule has 0 aliphatic heterocycles. The van der Waals surface area contributed by atoms with Crippen LogP contribution in [-0.2, 0) is 17.6 Å².